The van der Waals surface area contributed by atoms with Crippen LogP contribution in [0, 0.1) is 0 Å². The molecule has 1 aliphatic rings. The molecule has 2 atom stereocenters. The number of nitrogens with one attached hydrogen (secondary N) is 2. The van der Waals surface area contributed by atoms with E-state index in [-0.39, 0.29) is 0 Å². The average Bonchev–Trinajstić information content (AvgIpc) is 2.81. The number of rotatable bonds is 5. The summed E-state index contributed by atoms with van der Waals surface area (Å²) in [6.07, 6.45) is 6.51. The van der Waals surface area contributed by atoms with Crippen LogP contribution in [0.15, 0.2) is 10.9 Å². The van der Waals surface area contributed by atoms with Gasteiger partial charge in [0.2, 0.25) is 6.39 Å². The Balaban J connectivity index is 1.65. The Kier molecular flexibility index (Phi) is 4.30. The Morgan fingerprint density at radius 1 is 1.62 bits per heavy atom. The van der Waals surface area contributed by atoms with Crippen LogP contribution in [0.4, 0.5) is 0 Å². The van der Waals surface area contributed by atoms with Crippen LogP contribution in [0.5, 0.6) is 0 Å². The molecule has 2 rings (SSSR count). The summed E-state index contributed by atoms with van der Waals surface area (Å²) in [6.45, 7) is 4.06. The van der Waals surface area contributed by atoms with Gasteiger partial charge >= 0.3 is 0 Å². The van der Waals surface area contributed by atoms with Gasteiger partial charge in [0, 0.05) is 12.1 Å². The highest BCUT2D eigenvalue weighted by molar-refractivity contribution is 4.81. The molecule has 0 aromatic carbocycles. The molecule has 0 radical (unpaired) electrons. The van der Waals surface area contributed by atoms with E-state index in [0.717, 1.165) is 12.2 Å². The molecule has 5 nitrogen and oxygen atoms in total. The Morgan fingerprint density at radius 2 is 2.56 bits per heavy atom. The standard InChI is InChI=1S/C11H20N4O/c1-9(6-10-4-2-3-5-12-10)13-7-11-14-8-16-15-11/h8-10,12-13H,2-7H2,1H3. The van der Waals surface area contributed by atoms with E-state index in [2.05, 4.69) is 32.2 Å². The zero-order chi connectivity index (χ0) is 11.2. The van der Waals surface area contributed by atoms with Gasteiger partial charge in [-0.05, 0) is 32.7 Å². The second-order valence-corrected chi connectivity index (χ2v) is 4.51. The molecule has 0 amide bonds. The smallest absolute Gasteiger partial charge is 0.213 e. The van der Waals surface area contributed by atoms with E-state index in [0.29, 0.717) is 18.6 Å². The Labute approximate surface area is 96.0 Å². The maximum Gasteiger partial charge on any atom is 0.213 e. The van der Waals surface area contributed by atoms with Gasteiger partial charge in [-0.15, -0.1) is 0 Å². The minimum Gasteiger partial charge on any atom is -0.343 e. The van der Waals surface area contributed by atoms with Crippen molar-refractivity contribution in [2.45, 2.75) is 51.2 Å². The molecule has 90 valence electrons. The number of piperidine rings is 1. The number of hydrogen-bond acceptors (Lipinski definition) is 5. The van der Waals surface area contributed by atoms with Crippen LogP contribution in [0.1, 0.15) is 38.4 Å². The normalized spacial score (nSPS) is 23.2. The van der Waals surface area contributed by atoms with E-state index in [1.165, 1.54) is 32.2 Å². The van der Waals surface area contributed by atoms with Crippen molar-refractivity contribution >= 4 is 0 Å². The van der Waals surface area contributed by atoms with Gasteiger partial charge in [0.05, 0.1) is 6.54 Å². The van der Waals surface area contributed by atoms with Crippen LogP contribution in [-0.4, -0.2) is 28.8 Å². The van der Waals surface area contributed by atoms with Gasteiger partial charge in [0.15, 0.2) is 5.82 Å². The third-order valence-corrected chi connectivity index (χ3v) is 3.07. The first kappa shape index (κ1) is 11.5. The van der Waals surface area contributed by atoms with Crippen LogP contribution < -0.4 is 10.6 Å². The molecule has 2 heterocycles. The lowest BCUT2D eigenvalue weighted by molar-refractivity contribution is 0.341. The van der Waals surface area contributed by atoms with E-state index >= 15 is 0 Å². The van der Waals surface area contributed by atoms with E-state index in [1.54, 1.807) is 0 Å². The van der Waals surface area contributed by atoms with Gasteiger partial charge in [-0.3, -0.25) is 0 Å². The van der Waals surface area contributed by atoms with Gasteiger partial charge in [-0.1, -0.05) is 11.6 Å². The van der Waals surface area contributed by atoms with E-state index in [9.17, 15) is 0 Å². The van der Waals surface area contributed by atoms with Crippen molar-refractivity contribution in [3.63, 3.8) is 0 Å². The van der Waals surface area contributed by atoms with Crippen molar-refractivity contribution in [2.24, 2.45) is 0 Å². The fourth-order valence-electron chi connectivity index (χ4n) is 2.17. The van der Waals surface area contributed by atoms with Crippen molar-refractivity contribution in [3.8, 4) is 0 Å². The zero-order valence-corrected chi connectivity index (χ0v) is 9.78. The second-order valence-electron chi connectivity index (χ2n) is 4.51. The summed E-state index contributed by atoms with van der Waals surface area (Å²) in [6, 6.07) is 1.15. The van der Waals surface area contributed by atoms with Gasteiger partial charge in [-0.2, -0.15) is 4.98 Å². The Morgan fingerprint density at radius 3 is 3.25 bits per heavy atom. The van der Waals surface area contributed by atoms with E-state index in [1.807, 2.05) is 0 Å². The topological polar surface area (TPSA) is 63.0 Å². The van der Waals surface area contributed by atoms with Crippen molar-refractivity contribution in [1.82, 2.24) is 20.8 Å². The summed E-state index contributed by atoms with van der Waals surface area (Å²) in [5.41, 5.74) is 0. The highest BCUT2D eigenvalue weighted by atomic mass is 16.5. The lowest BCUT2D eigenvalue weighted by atomic mass is 9.99. The maximum absolute atomic E-state index is 4.68. The first-order valence-corrected chi connectivity index (χ1v) is 6.06. The molecule has 1 saturated heterocycles. The number of hydrogen-bond donors (Lipinski definition) is 2. The summed E-state index contributed by atoms with van der Waals surface area (Å²) in [5, 5.41) is 10.7. The Hall–Kier alpha value is -0.940. The van der Waals surface area contributed by atoms with Crippen molar-refractivity contribution in [3.05, 3.63) is 12.2 Å². The molecule has 0 saturated carbocycles. The summed E-state index contributed by atoms with van der Waals surface area (Å²) in [5.74, 6) is 0.725. The minimum absolute atomic E-state index is 0.481. The predicted molar refractivity (Wildman–Crippen MR) is 60.9 cm³/mol. The molecule has 2 N–H and O–H groups in total. The van der Waals surface area contributed by atoms with Gasteiger partial charge in [0.25, 0.3) is 0 Å². The molecule has 0 bridgehead atoms. The summed E-state index contributed by atoms with van der Waals surface area (Å²) in [7, 11) is 0. The van der Waals surface area contributed by atoms with Crippen LogP contribution in [0.25, 0.3) is 0 Å². The molecule has 1 fully saturated rings. The SMILES string of the molecule is CC(CC1CCCCN1)NCc1ncon1. The molecule has 1 aromatic rings. The van der Waals surface area contributed by atoms with E-state index in [4.69, 9.17) is 0 Å². The van der Waals surface area contributed by atoms with Gasteiger partial charge in [0.1, 0.15) is 0 Å². The third kappa shape index (κ3) is 3.57. The first-order chi connectivity index (χ1) is 7.84. The highest BCUT2D eigenvalue weighted by Crippen LogP contribution is 2.11. The largest absolute Gasteiger partial charge is 0.343 e. The molecule has 5 heteroatoms. The monoisotopic (exact) mass is 224 g/mol. The van der Waals surface area contributed by atoms with Crippen LogP contribution >= 0.6 is 0 Å². The van der Waals surface area contributed by atoms with Crippen molar-refractivity contribution in [2.75, 3.05) is 6.54 Å². The van der Waals surface area contributed by atoms with Crippen molar-refractivity contribution < 1.29 is 4.52 Å². The van der Waals surface area contributed by atoms with Gasteiger partial charge in [-0.25, -0.2) is 0 Å². The summed E-state index contributed by atoms with van der Waals surface area (Å²) >= 11 is 0. The second kappa shape index (κ2) is 5.96. The Bertz CT molecular complexity index is 282. The van der Waals surface area contributed by atoms with Crippen molar-refractivity contribution in [1.29, 1.82) is 0 Å². The lowest BCUT2D eigenvalue weighted by Crippen LogP contribution is -2.39. The van der Waals surface area contributed by atoms with E-state index < -0.39 is 0 Å². The van der Waals surface area contributed by atoms with Crippen LogP contribution in [-0.2, 0) is 6.54 Å². The average molecular weight is 224 g/mol. The van der Waals surface area contributed by atoms with Gasteiger partial charge < -0.3 is 15.2 Å². The molecule has 16 heavy (non-hydrogen) atoms. The quantitative estimate of drug-likeness (QED) is 0.783. The fraction of sp³-hybridized carbons (Fsp3) is 0.818. The predicted octanol–water partition coefficient (Wildman–Crippen LogP) is 1.08. The molecule has 0 spiro atoms. The molecular formula is C11H20N4O. The van der Waals surface area contributed by atoms with Crippen LogP contribution in [0.3, 0.4) is 0 Å². The highest BCUT2D eigenvalue weighted by Gasteiger charge is 2.15. The molecular weight excluding hydrogens is 204 g/mol. The minimum atomic E-state index is 0.481. The van der Waals surface area contributed by atoms with Crippen LogP contribution in [0.2, 0.25) is 0 Å². The number of nitrogens with zero attached hydrogens (tertiary/aromatic N) is 2. The molecule has 1 aliphatic heterocycles. The fourth-order valence-corrected chi connectivity index (χ4v) is 2.17. The summed E-state index contributed by atoms with van der Waals surface area (Å²) < 4.78 is 4.68. The first-order valence-electron chi connectivity index (χ1n) is 6.06. The maximum atomic E-state index is 4.68. The lowest BCUT2D eigenvalue weighted by Gasteiger charge is -2.26. The number of aromatic nitrogens is 2. The molecule has 2 unspecified atom stereocenters. The molecule has 1 aromatic heterocycles. The molecule has 0 aliphatic carbocycles. The summed E-state index contributed by atoms with van der Waals surface area (Å²) in [4.78, 5) is 3.98. The zero-order valence-electron chi connectivity index (χ0n) is 9.78. The third-order valence-electron chi connectivity index (χ3n) is 3.07.